The van der Waals surface area contributed by atoms with E-state index in [1.807, 2.05) is 12.1 Å². The van der Waals surface area contributed by atoms with Crippen LogP contribution in [0.5, 0.6) is 0 Å². The quantitative estimate of drug-likeness (QED) is 0.769. The molecule has 1 aliphatic rings. The van der Waals surface area contributed by atoms with E-state index in [-0.39, 0.29) is 23.7 Å². The van der Waals surface area contributed by atoms with Gasteiger partial charge in [0.25, 0.3) is 0 Å². The lowest BCUT2D eigenvalue weighted by molar-refractivity contribution is -0.127. The third kappa shape index (κ3) is 5.20. The number of carbonyl (C=O) groups excluding carboxylic acids is 1. The lowest BCUT2D eigenvalue weighted by atomic mass is 9.94. The van der Waals surface area contributed by atoms with Crippen molar-refractivity contribution in [1.29, 1.82) is 0 Å². The van der Waals surface area contributed by atoms with Gasteiger partial charge in [-0.1, -0.05) is 37.3 Å². The highest BCUT2D eigenvalue weighted by Gasteiger charge is 2.27. The van der Waals surface area contributed by atoms with Crippen molar-refractivity contribution in [2.24, 2.45) is 5.92 Å². The molecule has 150 valence electrons. The Bertz CT molecular complexity index is 803. The first-order chi connectivity index (χ1) is 13.5. The number of halogens is 1. The molecule has 28 heavy (non-hydrogen) atoms. The van der Waals surface area contributed by atoms with E-state index in [4.69, 9.17) is 0 Å². The zero-order valence-electron chi connectivity index (χ0n) is 17.2. The Morgan fingerprint density at radius 3 is 2.61 bits per heavy atom. The Morgan fingerprint density at radius 2 is 1.93 bits per heavy atom. The van der Waals surface area contributed by atoms with Crippen LogP contribution in [0.2, 0.25) is 0 Å². The number of piperidine rings is 1. The number of aryl methyl sites for hydroxylation is 2. The topological polar surface area (TPSA) is 32.3 Å². The second-order valence-corrected chi connectivity index (χ2v) is 8.01. The number of amides is 1. The number of nitrogens with zero attached hydrogens (tertiary/aromatic N) is 1. The van der Waals surface area contributed by atoms with Crippen LogP contribution >= 0.6 is 0 Å². The molecule has 1 aliphatic heterocycles. The van der Waals surface area contributed by atoms with Crippen LogP contribution in [0.25, 0.3) is 0 Å². The van der Waals surface area contributed by atoms with E-state index in [0.717, 1.165) is 44.5 Å². The van der Waals surface area contributed by atoms with Crippen LogP contribution in [0.1, 0.15) is 54.5 Å². The number of rotatable bonds is 6. The molecule has 3 rings (SSSR count). The molecule has 0 aliphatic carbocycles. The van der Waals surface area contributed by atoms with E-state index in [9.17, 15) is 9.18 Å². The zero-order valence-corrected chi connectivity index (χ0v) is 17.2. The summed E-state index contributed by atoms with van der Waals surface area (Å²) in [6.45, 7) is 8.83. The predicted molar refractivity (Wildman–Crippen MR) is 111 cm³/mol. The summed E-state index contributed by atoms with van der Waals surface area (Å²) >= 11 is 0. The van der Waals surface area contributed by atoms with Crippen molar-refractivity contribution in [2.45, 2.75) is 52.6 Å². The molecule has 2 atom stereocenters. The molecular weight excluding hydrogens is 351 g/mol. The van der Waals surface area contributed by atoms with E-state index in [1.54, 1.807) is 0 Å². The monoisotopic (exact) mass is 382 g/mol. The Morgan fingerprint density at radius 1 is 1.18 bits per heavy atom. The van der Waals surface area contributed by atoms with Crippen molar-refractivity contribution in [3.63, 3.8) is 0 Å². The normalized spacial score (nSPS) is 18.6. The van der Waals surface area contributed by atoms with Crippen molar-refractivity contribution >= 4 is 5.91 Å². The molecule has 0 spiro atoms. The van der Waals surface area contributed by atoms with Crippen LogP contribution in [-0.4, -0.2) is 23.9 Å². The summed E-state index contributed by atoms with van der Waals surface area (Å²) in [7, 11) is 0. The highest BCUT2D eigenvalue weighted by atomic mass is 19.1. The first kappa shape index (κ1) is 20.5. The fourth-order valence-electron chi connectivity index (χ4n) is 3.95. The predicted octanol–water partition coefficient (Wildman–Crippen LogP) is 4.92. The van der Waals surface area contributed by atoms with Crippen molar-refractivity contribution < 1.29 is 9.18 Å². The number of nitrogens with one attached hydrogen (secondary N) is 1. The van der Waals surface area contributed by atoms with Gasteiger partial charge in [-0.05, 0) is 74.0 Å². The van der Waals surface area contributed by atoms with Crippen LogP contribution < -0.4 is 5.32 Å². The van der Waals surface area contributed by atoms with Gasteiger partial charge in [0.1, 0.15) is 5.82 Å². The summed E-state index contributed by atoms with van der Waals surface area (Å²) in [5.74, 6) is -0.0553. The molecule has 2 aromatic rings. The maximum Gasteiger partial charge on any atom is 0.224 e. The molecule has 2 aromatic carbocycles. The smallest absolute Gasteiger partial charge is 0.224 e. The van der Waals surface area contributed by atoms with Gasteiger partial charge in [0.05, 0.1) is 12.0 Å². The van der Waals surface area contributed by atoms with Crippen molar-refractivity contribution in [3.05, 3.63) is 70.5 Å². The van der Waals surface area contributed by atoms with Gasteiger partial charge in [-0.2, -0.15) is 0 Å². The van der Waals surface area contributed by atoms with Crippen molar-refractivity contribution in [3.8, 4) is 0 Å². The minimum Gasteiger partial charge on any atom is -0.349 e. The summed E-state index contributed by atoms with van der Waals surface area (Å²) in [4.78, 5) is 15.3. The van der Waals surface area contributed by atoms with Crippen molar-refractivity contribution in [2.75, 3.05) is 13.1 Å². The van der Waals surface area contributed by atoms with E-state index in [0.29, 0.717) is 0 Å². The molecule has 2 unspecified atom stereocenters. The minimum atomic E-state index is -0.211. The van der Waals surface area contributed by atoms with Crippen LogP contribution in [0.3, 0.4) is 0 Å². The van der Waals surface area contributed by atoms with E-state index < -0.39 is 0 Å². The van der Waals surface area contributed by atoms with Gasteiger partial charge in [0.2, 0.25) is 5.91 Å². The van der Waals surface area contributed by atoms with Crippen LogP contribution in [0, 0.1) is 25.6 Å². The SMILES string of the molecule is CCC(NC(=O)C1CCCN(Cc2ccc(F)cc2)C1)c1ccc(C)c(C)c1. The summed E-state index contributed by atoms with van der Waals surface area (Å²) in [6.07, 6.45) is 2.81. The van der Waals surface area contributed by atoms with Gasteiger partial charge in [-0.25, -0.2) is 4.39 Å². The highest BCUT2D eigenvalue weighted by molar-refractivity contribution is 5.79. The standard InChI is InChI=1S/C24H31FN2O/c1-4-23(20-10-7-17(2)18(3)14-20)26-24(28)21-6-5-13-27(16-21)15-19-8-11-22(25)12-9-19/h7-12,14,21,23H,4-6,13,15-16H2,1-3H3,(H,26,28). The van der Waals surface area contributed by atoms with Gasteiger partial charge in [0, 0.05) is 13.1 Å². The van der Waals surface area contributed by atoms with Gasteiger partial charge in [0.15, 0.2) is 0 Å². The maximum atomic E-state index is 13.1. The van der Waals surface area contributed by atoms with Crippen LogP contribution in [0.4, 0.5) is 4.39 Å². The van der Waals surface area contributed by atoms with E-state index in [2.05, 4.69) is 49.2 Å². The largest absolute Gasteiger partial charge is 0.349 e. The molecule has 3 nitrogen and oxygen atoms in total. The molecular formula is C24H31FN2O. The fraction of sp³-hybridized carbons (Fsp3) is 0.458. The first-order valence-corrected chi connectivity index (χ1v) is 10.3. The van der Waals surface area contributed by atoms with Gasteiger partial charge in [-0.3, -0.25) is 9.69 Å². The average Bonchev–Trinajstić information content (AvgIpc) is 2.70. The average molecular weight is 383 g/mol. The summed E-state index contributed by atoms with van der Waals surface area (Å²) in [5.41, 5.74) is 4.80. The number of benzene rings is 2. The third-order valence-electron chi connectivity index (χ3n) is 5.85. The first-order valence-electron chi connectivity index (χ1n) is 10.3. The third-order valence-corrected chi connectivity index (χ3v) is 5.85. The molecule has 1 fully saturated rings. The van der Waals surface area contributed by atoms with Gasteiger partial charge >= 0.3 is 0 Å². The van der Waals surface area contributed by atoms with Crippen LogP contribution in [0.15, 0.2) is 42.5 Å². The molecule has 4 heteroatoms. The molecule has 1 saturated heterocycles. The Kier molecular flexibility index (Phi) is 6.84. The molecule has 0 bridgehead atoms. The van der Waals surface area contributed by atoms with Crippen LogP contribution in [-0.2, 0) is 11.3 Å². The Labute approximate surface area is 167 Å². The number of hydrogen-bond acceptors (Lipinski definition) is 2. The highest BCUT2D eigenvalue weighted by Crippen LogP contribution is 2.23. The molecule has 1 heterocycles. The second kappa shape index (κ2) is 9.33. The maximum absolute atomic E-state index is 13.1. The number of hydrogen-bond donors (Lipinski definition) is 1. The molecule has 1 N–H and O–H groups in total. The summed E-state index contributed by atoms with van der Waals surface area (Å²) < 4.78 is 13.1. The van der Waals surface area contributed by atoms with E-state index >= 15 is 0 Å². The van der Waals surface area contributed by atoms with E-state index in [1.165, 1.54) is 28.8 Å². The summed E-state index contributed by atoms with van der Waals surface area (Å²) in [6, 6.07) is 13.1. The number of carbonyl (C=O) groups is 1. The molecule has 1 amide bonds. The Balaban J connectivity index is 1.60. The lowest BCUT2D eigenvalue weighted by Gasteiger charge is -2.33. The Hall–Kier alpha value is -2.20. The summed E-state index contributed by atoms with van der Waals surface area (Å²) in [5, 5.41) is 3.28. The van der Waals surface area contributed by atoms with Gasteiger partial charge < -0.3 is 5.32 Å². The molecule has 0 aromatic heterocycles. The van der Waals surface area contributed by atoms with Gasteiger partial charge in [-0.15, -0.1) is 0 Å². The lowest BCUT2D eigenvalue weighted by Crippen LogP contribution is -2.43. The fourth-order valence-corrected chi connectivity index (χ4v) is 3.95. The van der Waals surface area contributed by atoms with Crippen molar-refractivity contribution in [1.82, 2.24) is 10.2 Å². The minimum absolute atomic E-state index is 0.00907. The molecule has 0 radical (unpaired) electrons. The molecule has 0 saturated carbocycles. The number of likely N-dealkylation sites (tertiary alicyclic amines) is 1. The zero-order chi connectivity index (χ0) is 20.1. The second-order valence-electron chi connectivity index (χ2n) is 8.01.